The Morgan fingerprint density at radius 2 is 2.13 bits per heavy atom. The third-order valence-corrected chi connectivity index (χ3v) is 2.45. The van der Waals surface area contributed by atoms with Crippen molar-refractivity contribution in [3.8, 4) is 11.8 Å². The van der Waals surface area contributed by atoms with Crippen molar-refractivity contribution in [1.29, 1.82) is 0 Å². The molecule has 1 aromatic carbocycles. The van der Waals surface area contributed by atoms with Crippen molar-refractivity contribution in [2.24, 2.45) is 0 Å². The molecule has 0 unspecified atom stereocenters. The Morgan fingerprint density at radius 3 is 2.87 bits per heavy atom. The van der Waals surface area contributed by atoms with Gasteiger partial charge < -0.3 is 0 Å². The molecule has 0 spiro atoms. The summed E-state index contributed by atoms with van der Waals surface area (Å²) < 4.78 is 0. The maximum absolute atomic E-state index is 4.36. The highest BCUT2D eigenvalue weighted by Crippen LogP contribution is 2.13. The third-order valence-electron chi connectivity index (χ3n) is 2.04. The van der Waals surface area contributed by atoms with E-state index in [9.17, 15) is 0 Å². The first kappa shape index (κ1) is 11.9. The smallest absolute Gasteiger partial charge is 0.0113 e. The highest BCUT2D eigenvalue weighted by Gasteiger charge is 1.89. The molecule has 0 saturated carbocycles. The number of thiol groups is 1. The van der Waals surface area contributed by atoms with Gasteiger partial charge in [0.25, 0.3) is 0 Å². The SMILES string of the molecule is CCCCC#C/C=C\c1ccccc1S. The number of rotatable bonds is 3. The minimum atomic E-state index is 0.989. The van der Waals surface area contributed by atoms with Gasteiger partial charge in [-0.15, -0.1) is 12.6 Å². The summed E-state index contributed by atoms with van der Waals surface area (Å²) in [5.41, 5.74) is 1.12. The number of hydrogen-bond acceptors (Lipinski definition) is 1. The van der Waals surface area contributed by atoms with Crippen LogP contribution in [0.25, 0.3) is 6.08 Å². The van der Waals surface area contributed by atoms with Gasteiger partial charge in [0.2, 0.25) is 0 Å². The van der Waals surface area contributed by atoms with E-state index in [1.54, 1.807) is 0 Å². The van der Waals surface area contributed by atoms with Crippen LogP contribution in [-0.4, -0.2) is 0 Å². The van der Waals surface area contributed by atoms with Gasteiger partial charge in [-0.05, 0) is 30.2 Å². The van der Waals surface area contributed by atoms with E-state index in [2.05, 4.69) is 31.4 Å². The average molecular weight is 216 g/mol. The number of benzene rings is 1. The lowest BCUT2D eigenvalue weighted by Gasteiger charge is -1.95. The highest BCUT2D eigenvalue weighted by atomic mass is 32.1. The van der Waals surface area contributed by atoms with Gasteiger partial charge >= 0.3 is 0 Å². The van der Waals surface area contributed by atoms with Gasteiger partial charge in [-0.1, -0.05) is 43.4 Å². The van der Waals surface area contributed by atoms with E-state index in [0.29, 0.717) is 0 Å². The van der Waals surface area contributed by atoms with Crippen LogP contribution in [0.4, 0.5) is 0 Å². The summed E-state index contributed by atoms with van der Waals surface area (Å²) in [5.74, 6) is 6.15. The zero-order valence-corrected chi connectivity index (χ0v) is 9.93. The van der Waals surface area contributed by atoms with Gasteiger partial charge in [0.1, 0.15) is 0 Å². The first-order valence-electron chi connectivity index (χ1n) is 5.27. The Balaban J connectivity index is 2.50. The highest BCUT2D eigenvalue weighted by molar-refractivity contribution is 7.80. The van der Waals surface area contributed by atoms with E-state index in [4.69, 9.17) is 0 Å². The van der Waals surface area contributed by atoms with Gasteiger partial charge in [-0.3, -0.25) is 0 Å². The van der Waals surface area contributed by atoms with Crippen LogP contribution in [-0.2, 0) is 0 Å². The number of allylic oxidation sites excluding steroid dienone is 1. The standard InChI is InChI=1S/C14H16S/c1-2-3-4-5-6-7-10-13-11-8-9-12-14(13)15/h7-12,15H,2-4H2,1H3/b10-7-. The lowest BCUT2D eigenvalue weighted by Crippen LogP contribution is -1.73. The molecule has 0 amide bonds. The van der Waals surface area contributed by atoms with Crippen LogP contribution in [0.5, 0.6) is 0 Å². The third kappa shape index (κ3) is 4.76. The summed E-state index contributed by atoms with van der Waals surface area (Å²) in [5, 5.41) is 0. The molecule has 0 aromatic heterocycles. The fraction of sp³-hybridized carbons (Fsp3) is 0.286. The van der Waals surface area contributed by atoms with Crippen LogP contribution in [0.1, 0.15) is 31.7 Å². The Morgan fingerprint density at radius 1 is 1.33 bits per heavy atom. The van der Waals surface area contributed by atoms with Crippen molar-refractivity contribution in [1.82, 2.24) is 0 Å². The van der Waals surface area contributed by atoms with Crippen LogP contribution in [0, 0.1) is 11.8 Å². The molecule has 0 aliphatic rings. The molecule has 0 atom stereocenters. The molecule has 0 aliphatic heterocycles. The Hall–Kier alpha value is -1.13. The van der Waals surface area contributed by atoms with Gasteiger partial charge in [-0.2, -0.15) is 0 Å². The molecule has 0 saturated heterocycles. The molecule has 78 valence electrons. The molecule has 0 radical (unpaired) electrons. The first-order chi connectivity index (χ1) is 7.34. The van der Waals surface area contributed by atoms with E-state index < -0.39 is 0 Å². The van der Waals surface area contributed by atoms with Crippen molar-refractivity contribution >= 4 is 18.7 Å². The topological polar surface area (TPSA) is 0 Å². The molecule has 15 heavy (non-hydrogen) atoms. The molecule has 0 N–H and O–H groups in total. The predicted molar refractivity (Wildman–Crippen MR) is 70.0 cm³/mol. The summed E-state index contributed by atoms with van der Waals surface area (Å²) in [6.45, 7) is 2.18. The molecule has 0 aliphatic carbocycles. The van der Waals surface area contributed by atoms with Gasteiger partial charge in [0.15, 0.2) is 0 Å². The Bertz CT molecular complexity index is 380. The second kappa shape index (κ2) is 7.20. The summed E-state index contributed by atoms with van der Waals surface area (Å²) in [6.07, 6.45) is 7.28. The summed E-state index contributed by atoms with van der Waals surface area (Å²) >= 11 is 4.36. The van der Waals surface area contributed by atoms with E-state index in [1.807, 2.05) is 36.4 Å². The number of unbranched alkanes of at least 4 members (excludes halogenated alkanes) is 2. The molecule has 0 fully saturated rings. The summed E-state index contributed by atoms with van der Waals surface area (Å²) in [6, 6.07) is 8.00. The largest absolute Gasteiger partial charge is 0.143 e. The Kier molecular flexibility index (Phi) is 5.73. The van der Waals surface area contributed by atoms with E-state index in [1.165, 1.54) is 12.8 Å². The zero-order chi connectivity index (χ0) is 10.9. The summed E-state index contributed by atoms with van der Waals surface area (Å²) in [7, 11) is 0. The fourth-order valence-electron chi connectivity index (χ4n) is 1.16. The zero-order valence-electron chi connectivity index (χ0n) is 9.03. The summed E-state index contributed by atoms with van der Waals surface area (Å²) in [4.78, 5) is 0.990. The lowest BCUT2D eigenvalue weighted by atomic mass is 10.2. The molecular formula is C14H16S. The van der Waals surface area contributed by atoms with Crippen LogP contribution in [0.15, 0.2) is 35.2 Å². The normalized spacial score (nSPS) is 10.0. The van der Waals surface area contributed by atoms with Gasteiger partial charge in [0, 0.05) is 11.3 Å². The van der Waals surface area contributed by atoms with Gasteiger partial charge in [-0.25, -0.2) is 0 Å². The van der Waals surface area contributed by atoms with Crippen molar-refractivity contribution in [2.75, 3.05) is 0 Å². The van der Waals surface area contributed by atoms with Crippen molar-refractivity contribution in [2.45, 2.75) is 31.1 Å². The molecular weight excluding hydrogens is 200 g/mol. The van der Waals surface area contributed by atoms with Crippen molar-refractivity contribution < 1.29 is 0 Å². The lowest BCUT2D eigenvalue weighted by molar-refractivity contribution is 0.828. The van der Waals surface area contributed by atoms with Crippen LogP contribution in [0.3, 0.4) is 0 Å². The van der Waals surface area contributed by atoms with Crippen LogP contribution in [0.2, 0.25) is 0 Å². The average Bonchev–Trinajstić information content (AvgIpc) is 2.25. The predicted octanol–water partition coefficient (Wildman–Crippen LogP) is 4.18. The van der Waals surface area contributed by atoms with Crippen molar-refractivity contribution in [3.63, 3.8) is 0 Å². The van der Waals surface area contributed by atoms with Gasteiger partial charge in [0.05, 0.1) is 0 Å². The quantitative estimate of drug-likeness (QED) is 0.437. The second-order valence-corrected chi connectivity index (χ2v) is 3.80. The minimum absolute atomic E-state index is 0.989. The van der Waals surface area contributed by atoms with Crippen molar-refractivity contribution in [3.05, 3.63) is 35.9 Å². The fourth-order valence-corrected chi connectivity index (χ4v) is 1.39. The molecule has 1 aromatic rings. The maximum Gasteiger partial charge on any atom is 0.0113 e. The molecule has 0 nitrogen and oxygen atoms in total. The number of hydrogen-bond donors (Lipinski definition) is 1. The minimum Gasteiger partial charge on any atom is -0.143 e. The second-order valence-electron chi connectivity index (χ2n) is 3.32. The molecule has 0 bridgehead atoms. The maximum atomic E-state index is 4.36. The van der Waals surface area contributed by atoms with E-state index in [0.717, 1.165) is 16.9 Å². The van der Waals surface area contributed by atoms with Crippen LogP contribution < -0.4 is 0 Å². The molecule has 1 rings (SSSR count). The molecule has 1 heteroatoms. The monoisotopic (exact) mass is 216 g/mol. The Labute approximate surface area is 97.8 Å². The van der Waals surface area contributed by atoms with E-state index in [-0.39, 0.29) is 0 Å². The van der Waals surface area contributed by atoms with E-state index >= 15 is 0 Å². The first-order valence-corrected chi connectivity index (χ1v) is 5.72. The molecule has 0 heterocycles. The van der Waals surface area contributed by atoms with Crippen LogP contribution >= 0.6 is 12.6 Å².